The number of anilines is 1. The predicted octanol–water partition coefficient (Wildman–Crippen LogP) is 0.966. The fourth-order valence-corrected chi connectivity index (χ4v) is 5.47. The number of phenolic OH excluding ortho intramolecular Hbond substituents is 1. The van der Waals surface area contributed by atoms with E-state index in [4.69, 9.17) is 5.14 Å². The molecular formula is C17H18N2O7S2. The molecule has 0 saturated heterocycles. The zero-order valence-corrected chi connectivity index (χ0v) is 16.6. The Balaban J connectivity index is 2.11. The van der Waals surface area contributed by atoms with Gasteiger partial charge in [-0.3, -0.25) is 4.31 Å². The number of esters is 1. The summed E-state index contributed by atoms with van der Waals surface area (Å²) in [5.41, 5.74) is 0.572. The summed E-state index contributed by atoms with van der Waals surface area (Å²) in [4.78, 5) is 11.5. The van der Waals surface area contributed by atoms with Gasteiger partial charge in [0.1, 0.15) is 11.3 Å². The molecule has 1 unspecified atom stereocenters. The molecule has 2 aromatic rings. The molecule has 1 aliphatic rings. The lowest BCUT2D eigenvalue weighted by atomic mass is 10.1. The minimum atomic E-state index is -4.10. The Hall–Kier alpha value is -2.63. The molecular weight excluding hydrogens is 408 g/mol. The van der Waals surface area contributed by atoms with E-state index in [0.717, 1.165) is 23.5 Å². The number of benzene rings is 2. The van der Waals surface area contributed by atoms with Gasteiger partial charge >= 0.3 is 5.97 Å². The van der Waals surface area contributed by atoms with Crippen LogP contribution in [0.4, 0.5) is 5.69 Å². The van der Waals surface area contributed by atoms with Gasteiger partial charge in [0.05, 0.1) is 22.6 Å². The maximum absolute atomic E-state index is 13.2. The van der Waals surface area contributed by atoms with Gasteiger partial charge in [0, 0.05) is 6.04 Å². The highest BCUT2D eigenvalue weighted by molar-refractivity contribution is 7.93. The monoisotopic (exact) mass is 426 g/mol. The molecule has 0 aromatic heterocycles. The van der Waals surface area contributed by atoms with Crippen LogP contribution in [0.3, 0.4) is 0 Å². The summed E-state index contributed by atoms with van der Waals surface area (Å²) in [5, 5.41) is 14.9. The van der Waals surface area contributed by atoms with Gasteiger partial charge in [0.25, 0.3) is 10.0 Å². The predicted molar refractivity (Wildman–Crippen MR) is 100 cm³/mol. The van der Waals surface area contributed by atoms with Crippen molar-refractivity contribution in [3.63, 3.8) is 0 Å². The highest BCUT2D eigenvalue weighted by atomic mass is 32.2. The normalized spacial score (nSPS) is 16.7. The Morgan fingerprint density at radius 3 is 2.39 bits per heavy atom. The molecule has 0 radical (unpaired) electrons. The lowest BCUT2D eigenvalue weighted by molar-refractivity contribution is 0.0597. The second kappa shape index (κ2) is 6.76. The SMILES string of the molecule is COC(=O)c1cc(S(=O)(=O)N2c3ccc(S(N)(=O)=O)cc3CC2C)ccc1O. The van der Waals surface area contributed by atoms with Crippen molar-refractivity contribution >= 4 is 31.7 Å². The fraction of sp³-hybridized carbons (Fsp3) is 0.235. The molecule has 0 amide bonds. The van der Waals surface area contributed by atoms with E-state index in [0.29, 0.717) is 17.7 Å². The molecule has 3 N–H and O–H groups in total. The number of ether oxygens (including phenoxy) is 1. The van der Waals surface area contributed by atoms with Gasteiger partial charge in [0.2, 0.25) is 10.0 Å². The average Bonchev–Trinajstić information content (AvgIpc) is 2.96. The molecule has 0 saturated carbocycles. The number of nitrogens with two attached hydrogens (primary N) is 1. The summed E-state index contributed by atoms with van der Waals surface area (Å²) in [6.45, 7) is 1.68. The van der Waals surface area contributed by atoms with Crippen molar-refractivity contribution in [1.82, 2.24) is 0 Å². The van der Waals surface area contributed by atoms with Crippen molar-refractivity contribution in [2.75, 3.05) is 11.4 Å². The number of primary sulfonamides is 1. The molecule has 9 nitrogen and oxygen atoms in total. The Labute approximate surface area is 162 Å². The Bertz CT molecular complexity index is 1170. The zero-order chi connectivity index (χ0) is 20.9. The molecule has 2 aromatic carbocycles. The first-order valence-electron chi connectivity index (χ1n) is 8.08. The average molecular weight is 426 g/mol. The lowest BCUT2D eigenvalue weighted by Crippen LogP contribution is -2.35. The number of aromatic hydroxyl groups is 1. The van der Waals surface area contributed by atoms with E-state index >= 15 is 0 Å². The van der Waals surface area contributed by atoms with Gasteiger partial charge in [0.15, 0.2) is 0 Å². The smallest absolute Gasteiger partial charge is 0.341 e. The number of rotatable bonds is 4. The summed E-state index contributed by atoms with van der Waals surface area (Å²) in [7, 11) is -6.90. The quantitative estimate of drug-likeness (QED) is 0.693. The molecule has 1 aliphatic heterocycles. The van der Waals surface area contributed by atoms with Crippen LogP contribution in [0.1, 0.15) is 22.8 Å². The van der Waals surface area contributed by atoms with E-state index in [-0.39, 0.29) is 15.4 Å². The highest BCUT2D eigenvalue weighted by Gasteiger charge is 2.37. The third-order valence-electron chi connectivity index (χ3n) is 4.46. The first kappa shape index (κ1) is 20.1. The molecule has 0 bridgehead atoms. The molecule has 0 spiro atoms. The number of hydrogen-bond donors (Lipinski definition) is 2. The van der Waals surface area contributed by atoms with Crippen molar-refractivity contribution in [3.8, 4) is 5.75 Å². The van der Waals surface area contributed by atoms with Crippen LogP contribution in [-0.2, 0) is 31.2 Å². The van der Waals surface area contributed by atoms with Gasteiger partial charge in [-0.15, -0.1) is 0 Å². The molecule has 150 valence electrons. The second-order valence-electron chi connectivity index (χ2n) is 6.36. The van der Waals surface area contributed by atoms with Crippen LogP contribution in [0.2, 0.25) is 0 Å². The van der Waals surface area contributed by atoms with E-state index in [2.05, 4.69) is 4.74 Å². The summed E-state index contributed by atoms with van der Waals surface area (Å²) < 4.78 is 55.2. The lowest BCUT2D eigenvalue weighted by Gasteiger charge is -2.24. The standard InChI is InChI=1S/C17H18N2O7S2/c1-10-7-11-8-12(27(18,22)23)3-5-15(11)19(10)28(24,25)13-4-6-16(20)14(9-13)17(21)26-2/h3-6,8-10,20H,7H2,1-2H3,(H2,18,22,23). The Kier molecular flexibility index (Phi) is 4.86. The van der Waals surface area contributed by atoms with E-state index in [1.807, 2.05) is 0 Å². The number of sulfonamides is 2. The van der Waals surface area contributed by atoms with Crippen LogP contribution >= 0.6 is 0 Å². The fourth-order valence-electron chi connectivity index (χ4n) is 3.18. The zero-order valence-electron chi connectivity index (χ0n) is 15.0. The van der Waals surface area contributed by atoms with Gasteiger partial charge in [-0.25, -0.2) is 26.8 Å². The summed E-state index contributed by atoms with van der Waals surface area (Å²) in [6, 6.07) is 6.81. The second-order valence-corrected chi connectivity index (χ2v) is 9.74. The molecule has 3 rings (SSSR count). The Morgan fingerprint density at radius 1 is 1.14 bits per heavy atom. The first-order valence-corrected chi connectivity index (χ1v) is 11.1. The number of fused-ring (bicyclic) bond motifs is 1. The number of carbonyl (C=O) groups excluding carboxylic acids is 1. The highest BCUT2D eigenvalue weighted by Crippen LogP contribution is 2.38. The van der Waals surface area contributed by atoms with Crippen LogP contribution in [0.5, 0.6) is 5.75 Å². The van der Waals surface area contributed by atoms with E-state index < -0.39 is 37.8 Å². The number of methoxy groups -OCH3 is 1. The maximum atomic E-state index is 13.2. The number of carbonyl (C=O) groups is 1. The molecule has 11 heteroatoms. The first-order chi connectivity index (χ1) is 13.0. The van der Waals surface area contributed by atoms with Gasteiger partial charge in [-0.2, -0.15) is 0 Å². The van der Waals surface area contributed by atoms with Crippen molar-refractivity contribution in [3.05, 3.63) is 47.5 Å². The number of phenols is 1. The van der Waals surface area contributed by atoms with Gasteiger partial charge in [-0.1, -0.05) is 0 Å². The minimum absolute atomic E-state index is 0.102. The van der Waals surface area contributed by atoms with Crippen LogP contribution in [0.15, 0.2) is 46.2 Å². The molecule has 28 heavy (non-hydrogen) atoms. The van der Waals surface area contributed by atoms with Crippen LogP contribution in [-0.4, -0.2) is 41.1 Å². The third-order valence-corrected chi connectivity index (χ3v) is 7.30. The van der Waals surface area contributed by atoms with Crippen molar-refractivity contribution in [2.45, 2.75) is 29.2 Å². The van der Waals surface area contributed by atoms with Crippen molar-refractivity contribution < 1.29 is 31.5 Å². The van der Waals surface area contributed by atoms with E-state index in [9.17, 15) is 26.7 Å². The van der Waals surface area contributed by atoms with Crippen LogP contribution in [0, 0.1) is 0 Å². The summed E-state index contributed by atoms with van der Waals surface area (Å²) in [5.74, 6) is -1.28. The van der Waals surface area contributed by atoms with Crippen LogP contribution in [0.25, 0.3) is 0 Å². The van der Waals surface area contributed by atoms with Crippen LogP contribution < -0.4 is 9.44 Å². The largest absolute Gasteiger partial charge is 0.507 e. The van der Waals surface area contributed by atoms with E-state index in [1.165, 1.54) is 24.3 Å². The minimum Gasteiger partial charge on any atom is -0.507 e. The van der Waals surface area contributed by atoms with Crippen molar-refractivity contribution in [2.24, 2.45) is 5.14 Å². The van der Waals surface area contributed by atoms with Gasteiger partial charge < -0.3 is 9.84 Å². The number of nitrogens with zero attached hydrogens (tertiary/aromatic N) is 1. The Morgan fingerprint density at radius 2 is 1.79 bits per heavy atom. The molecule has 1 heterocycles. The molecule has 1 atom stereocenters. The molecule has 0 aliphatic carbocycles. The van der Waals surface area contributed by atoms with Crippen molar-refractivity contribution in [1.29, 1.82) is 0 Å². The maximum Gasteiger partial charge on any atom is 0.341 e. The summed E-state index contributed by atoms with van der Waals surface area (Å²) >= 11 is 0. The topological polar surface area (TPSA) is 144 Å². The summed E-state index contributed by atoms with van der Waals surface area (Å²) in [6.07, 6.45) is 0.292. The number of hydrogen-bond acceptors (Lipinski definition) is 7. The third kappa shape index (κ3) is 3.32. The van der Waals surface area contributed by atoms with E-state index in [1.54, 1.807) is 6.92 Å². The van der Waals surface area contributed by atoms with Gasteiger partial charge in [-0.05, 0) is 55.3 Å². The molecule has 0 fully saturated rings.